The van der Waals surface area contributed by atoms with Crippen LogP contribution in [0.1, 0.15) is 41.3 Å². The van der Waals surface area contributed by atoms with Gasteiger partial charge in [0.2, 0.25) is 5.91 Å². The van der Waals surface area contributed by atoms with Gasteiger partial charge in [0.15, 0.2) is 5.75 Å². The monoisotopic (exact) mass is 482 g/mol. The third-order valence-corrected chi connectivity index (χ3v) is 6.01. The Morgan fingerprint density at radius 2 is 1.94 bits per heavy atom. The average molecular weight is 483 g/mol. The molecule has 0 radical (unpaired) electrons. The largest absolute Gasteiger partial charge is 0.505 e. The predicted molar refractivity (Wildman–Crippen MR) is 127 cm³/mol. The number of pyridine rings is 2. The molecule has 1 aliphatic heterocycles. The molecule has 0 saturated carbocycles. The number of fused-ring (bicyclic) bond motifs is 1. The minimum atomic E-state index is -0.836. The van der Waals surface area contributed by atoms with Crippen LogP contribution >= 0.6 is 0 Å². The quantitative estimate of drug-likeness (QED) is 0.448. The fraction of sp³-hybridized carbons (Fsp3) is 0.360. The summed E-state index contributed by atoms with van der Waals surface area (Å²) in [6, 6.07) is 7.72. The molecule has 1 saturated heterocycles. The molecule has 1 atom stereocenters. The number of aromatic nitrogens is 2. The maximum absolute atomic E-state index is 13.4. The zero-order valence-electron chi connectivity index (χ0n) is 19.3. The number of nitrogens with one attached hydrogen (secondary N) is 1. The number of likely N-dealkylation sites (tertiary alicyclic amines) is 1. The molecular formula is C25H27FN4O5. The van der Waals surface area contributed by atoms with Gasteiger partial charge in [-0.25, -0.2) is 4.39 Å². The van der Waals surface area contributed by atoms with Crippen molar-refractivity contribution in [3.8, 4) is 5.75 Å². The first-order valence-electron chi connectivity index (χ1n) is 11.5. The summed E-state index contributed by atoms with van der Waals surface area (Å²) in [6.07, 6.45) is 2.32. The van der Waals surface area contributed by atoms with Crippen LogP contribution in [0.15, 0.2) is 41.3 Å². The van der Waals surface area contributed by atoms with Crippen molar-refractivity contribution >= 4 is 22.8 Å². The number of nitrogens with zero attached hydrogens (tertiary/aromatic N) is 3. The number of carbonyl (C=O) groups is 2. The Morgan fingerprint density at radius 1 is 1.20 bits per heavy atom. The van der Waals surface area contributed by atoms with Gasteiger partial charge in [0.25, 0.3) is 11.5 Å². The number of amides is 2. The zero-order chi connectivity index (χ0) is 25.1. The highest BCUT2D eigenvalue weighted by atomic mass is 19.1. The first-order chi connectivity index (χ1) is 16.7. The number of aliphatic hydroxyl groups excluding tert-OH is 1. The van der Waals surface area contributed by atoms with Gasteiger partial charge in [0.05, 0.1) is 11.6 Å². The molecule has 1 fully saturated rings. The van der Waals surface area contributed by atoms with Crippen LogP contribution < -0.4 is 10.9 Å². The third-order valence-electron chi connectivity index (χ3n) is 6.01. The van der Waals surface area contributed by atoms with E-state index in [2.05, 4.69) is 10.3 Å². The highest BCUT2D eigenvalue weighted by molar-refractivity contribution is 6.01. The zero-order valence-corrected chi connectivity index (χ0v) is 19.3. The van der Waals surface area contributed by atoms with Crippen LogP contribution in [0.5, 0.6) is 5.75 Å². The highest BCUT2D eigenvalue weighted by Gasteiger charge is 2.25. The van der Waals surface area contributed by atoms with Gasteiger partial charge in [-0.15, -0.1) is 0 Å². The average Bonchev–Trinajstić information content (AvgIpc) is 3.23. The van der Waals surface area contributed by atoms with Crippen molar-refractivity contribution in [2.24, 2.45) is 0 Å². The Kier molecular flexibility index (Phi) is 7.11. The lowest BCUT2D eigenvalue weighted by molar-refractivity contribution is -0.127. The molecule has 1 aromatic carbocycles. The van der Waals surface area contributed by atoms with Crippen molar-refractivity contribution in [3.05, 3.63) is 69.4 Å². The molecule has 10 heteroatoms. The van der Waals surface area contributed by atoms with Crippen LogP contribution in [-0.2, 0) is 17.8 Å². The van der Waals surface area contributed by atoms with E-state index in [0.29, 0.717) is 24.9 Å². The second-order valence-corrected chi connectivity index (χ2v) is 8.74. The van der Waals surface area contributed by atoms with Crippen LogP contribution in [0.2, 0.25) is 0 Å². The van der Waals surface area contributed by atoms with Gasteiger partial charge in [0.1, 0.15) is 16.9 Å². The Labute approximate surface area is 200 Å². The number of rotatable bonds is 8. The SMILES string of the molecule is CC(O)CNC(=O)c1c(O)c2ncc(Cc3ccc(F)cc3)cc2n(CCN2CCCC2=O)c1=O. The number of halogens is 1. The smallest absolute Gasteiger partial charge is 0.267 e. The minimum Gasteiger partial charge on any atom is -0.505 e. The van der Waals surface area contributed by atoms with Gasteiger partial charge >= 0.3 is 0 Å². The molecule has 184 valence electrons. The number of hydrogen-bond donors (Lipinski definition) is 3. The van der Waals surface area contributed by atoms with E-state index < -0.39 is 28.9 Å². The van der Waals surface area contributed by atoms with E-state index in [1.807, 2.05) is 0 Å². The van der Waals surface area contributed by atoms with Crippen molar-refractivity contribution in [1.82, 2.24) is 19.8 Å². The van der Waals surface area contributed by atoms with Crippen molar-refractivity contribution < 1.29 is 24.2 Å². The standard InChI is InChI=1S/C25H27FN4O5/c1-15(31)13-28-24(34)21-23(33)22-19(30(25(21)35)10-9-29-8-2-3-20(29)32)12-17(14-27-22)11-16-4-6-18(26)7-5-16/h4-7,12,14-15,31,33H,2-3,8-11,13H2,1H3,(H,28,34). The molecule has 0 aliphatic carbocycles. The van der Waals surface area contributed by atoms with Crippen LogP contribution in [-0.4, -0.2) is 62.2 Å². The molecular weight excluding hydrogens is 455 g/mol. The van der Waals surface area contributed by atoms with Crippen LogP contribution in [0, 0.1) is 5.82 Å². The Hall–Kier alpha value is -3.79. The Bertz CT molecular complexity index is 1320. The van der Waals surface area contributed by atoms with E-state index in [1.54, 1.807) is 23.1 Å². The second kappa shape index (κ2) is 10.2. The summed E-state index contributed by atoms with van der Waals surface area (Å²) < 4.78 is 14.6. The highest BCUT2D eigenvalue weighted by Crippen LogP contribution is 2.26. The van der Waals surface area contributed by atoms with E-state index in [9.17, 15) is 29.0 Å². The topological polar surface area (TPSA) is 125 Å². The number of benzene rings is 1. The van der Waals surface area contributed by atoms with E-state index in [0.717, 1.165) is 17.5 Å². The van der Waals surface area contributed by atoms with Crippen molar-refractivity contribution in [2.75, 3.05) is 19.6 Å². The van der Waals surface area contributed by atoms with Crippen molar-refractivity contribution in [3.63, 3.8) is 0 Å². The predicted octanol–water partition coefficient (Wildman–Crippen LogP) is 1.57. The van der Waals surface area contributed by atoms with Gasteiger partial charge in [-0.05, 0) is 49.1 Å². The fourth-order valence-electron chi connectivity index (χ4n) is 4.20. The lowest BCUT2D eigenvalue weighted by atomic mass is 10.1. The number of carbonyl (C=O) groups excluding carboxylic acids is 2. The molecule has 35 heavy (non-hydrogen) atoms. The summed E-state index contributed by atoms with van der Waals surface area (Å²) in [6.45, 7) is 2.37. The molecule has 1 aliphatic rings. The van der Waals surface area contributed by atoms with Crippen LogP contribution in [0.4, 0.5) is 4.39 Å². The van der Waals surface area contributed by atoms with Crippen LogP contribution in [0.25, 0.3) is 11.0 Å². The number of aliphatic hydroxyl groups is 1. The second-order valence-electron chi connectivity index (χ2n) is 8.74. The molecule has 3 heterocycles. The molecule has 4 rings (SSSR count). The summed E-state index contributed by atoms with van der Waals surface area (Å²) in [5.74, 6) is -1.71. The first kappa shape index (κ1) is 24.3. The molecule has 2 amide bonds. The molecule has 0 spiro atoms. The van der Waals surface area contributed by atoms with E-state index in [4.69, 9.17) is 0 Å². The van der Waals surface area contributed by atoms with E-state index >= 15 is 0 Å². The first-order valence-corrected chi connectivity index (χ1v) is 11.5. The maximum atomic E-state index is 13.4. The molecule has 2 aromatic heterocycles. The summed E-state index contributed by atoms with van der Waals surface area (Å²) in [7, 11) is 0. The summed E-state index contributed by atoms with van der Waals surface area (Å²) >= 11 is 0. The van der Waals surface area contributed by atoms with Crippen molar-refractivity contribution in [1.29, 1.82) is 0 Å². The summed E-state index contributed by atoms with van der Waals surface area (Å²) in [5, 5.41) is 22.7. The van der Waals surface area contributed by atoms with Crippen LogP contribution in [0.3, 0.4) is 0 Å². The van der Waals surface area contributed by atoms with Gasteiger partial charge < -0.3 is 25.0 Å². The van der Waals surface area contributed by atoms with Crippen molar-refractivity contribution in [2.45, 2.75) is 38.8 Å². The number of hydrogen-bond acceptors (Lipinski definition) is 6. The molecule has 1 unspecified atom stereocenters. The van der Waals surface area contributed by atoms with Gasteiger partial charge in [0, 0.05) is 38.8 Å². The number of aromatic hydroxyl groups is 1. The van der Waals surface area contributed by atoms with Gasteiger partial charge in [-0.2, -0.15) is 0 Å². The van der Waals surface area contributed by atoms with Gasteiger partial charge in [-0.3, -0.25) is 19.4 Å². The Morgan fingerprint density at radius 3 is 2.60 bits per heavy atom. The molecule has 3 N–H and O–H groups in total. The molecule has 3 aromatic rings. The lowest BCUT2D eigenvalue weighted by Crippen LogP contribution is -2.38. The fourth-order valence-corrected chi connectivity index (χ4v) is 4.20. The van der Waals surface area contributed by atoms with E-state index in [-0.39, 0.29) is 36.9 Å². The van der Waals surface area contributed by atoms with E-state index in [1.165, 1.54) is 29.8 Å². The summed E-state index contributed by atoms with van der Waals surface area (Å²) in [4.78, 5) is 44.2. The normalized spacial score (nSPS) is 14.5. The summed E-state index contributed by atoms with van der Waals surface area (Å²) in [5.41, 5.74) is 0.769. The molecule has 9 nitrogen and oxygen atoms in total. The van der Waals surface area contributed by atoms with Gasteiger partial charge in [-0.1, -0.05) is 12.1 Å². The minimum absolute atomic E-state index is 0.00570. The Balaban J connectivity index is 1.77. The maximum Gasteiger partial charge on any atom is 0.267 e. The lowest BCUT2D eigenvalue weighted by Gasteiger charge is -2.19. The third kappa shape index (κ3) is 5.32. The molecule has 0 bridgehead atoms.